The molecule has 21 heavy (non-hydrogen) atoms. The van der Waals surface area contributed by atoms with Gasteiger partial charge in [0.1, 0.15) is 17.6 Å². The minimum Gasteiger partial charge on any atom is -0.497 e. The second kappa shape index (κ2) is 8.07. The second-order valence-corrected chi connectivity index (χ2v) is 4.84. The third-order valence-electron chi connectivity index (χ3n) is 2.74. The zero-order chi connectivity index (χ0) is 15.8. The maximum atomic E-state index is 11.1. The van der Waals surface area contributed by atoms with Crippen LogP contribution in [0.2, 0.25) is 0 Å². The van der Waals surface area contributed by atoms with E-state index >= 15 is 0 Å². The van der Waals surface area contributed by atoms with Crippen molar-refractivity contribution in [1.82, 2.24) is 0 Å². The molecule has 1 rings (SSSR count). The first-order chi connectivity index (χ1) is 9.94. The summed E-state index contributed by atoms with van der Waals surface area (Å²) in [6, 6.07) is 5.63. The Hall–Kier alpha value is -2.33. The molecule has 1 aromatic carbocycles. The number of rotatable bonds is 7. The highest BCUT2D eigenvalue weighted by atomic mass is 16.5. The van der Waals surface area contributed by atoms with Crippen molar-refractivity contribution >= 4 is 12.2 Å². The van der Waals surface area contributed by atoms with Gasteiger partial charge in [-0.25, -0.2) is 4.79 Å². The van der Waals surface area contributed by atoms with Crippen LogP contribution in [0.25, 0.3) is 5.53 Å². The predicted octanol–water partition coefficient (Wildman–Crippen LogP) is 2.39. The van der Waals surface area contributed by atoms with Gasteiger partial charge >= 0.3 is 12.2 Å². The van der Waals surface area contributed by atoms with Crippen molar-refractivity contribution in [3.8, 4) is 11.5 Å². The normalized spacial score (nSPS) is 12.8. The molecule has 2 atom stereocenters. The zero-order valence-electron chi connectivity index (χ0n) is 12.7. The molecule has 0 aromatic heterocycles. The summed E-state index contributed by atoms with van der Waals surface area (Å²) in [6.07, 6.45) is 0.733. The summed E-state index contributed by atoms with van der Waals surface area (Å²) in [5.41, 5.74) is 9.27. The molecule has 0 aliphatic carbocycles. The number of esters is 1. The molecule has 0 saturated carbocycles. The van der Waals surface area contributed by atoms with Crippen LogP contribution < -0.4 is 9.47 Å². The third-order valence-corrected chi connectivity index (χ3v) is 2.74. The van der Waals surface area contributed by atoms with Crippen LogP contribution in [0, 0.1) is 6.92 Å². The molecule has 6 nitrogen and oxygen atoms in total. The lowest BCUT2D eigenvalue weighted by Gasteiger charge is -2.19. The highest BCUT2D eigenvalue weighted by Gasteiger charge is 2.15. The van der Waals surface area contributed by atoms with Crippen LogP contribution >= 0.6 is 0 Å². The molecule has 0 aliphatic rings. The van der Waals surface area contributed by atoms with Crippen LogP contribution in [0.5, 0.6) is 11.5 Å². The molecule has 0 unspecified atom stereocenters. The van der Waals surface area contributed by atoms with E-state index in [4.69, 9.17) is 19.7 Å². The van der Waals surface area contributed by atoms with Crippen LogP contribution in [0.15, 0.2) is 18.2 Å². The van der Waals surface area contributed by atoms with Gasteiger partial charge in [0.25, 0.3) is 0 Å². The van der Waals surface area contributed by atoms with Gasteiger partial charge in [-0.3, -0.25) is 0 Å². The van der Waals surface area contributed by atoms with Gasteiger partial charge in [-0.15, -0.1) is 0 Å². The number of carbonyl (C=O) groups is 1. The summed E-state index contributed by atoms with van der Waals surface area (Å²) in [5, 5.41) is 0. The van der Waals surface area contributed by atoms with E-state index in [1.54, 1.807) is 20.1 Å². The van der Waals surface area contributed by atoms with Gasteiger partial charge in [-0.1, -0.05) is 0 Å². The largest absolute Gasteiger partial charge is 0.497 e. The van der Waals surface area contributed by atoms with Gasteiger partial charge in [0.15, 0.2) is 0 Å². The molecule has 0 fully saturated rings. The SMILES string of the molecule is COc1cc(C)cc(O[C@@H](C)C[C@@H](C)OC(=O)C=[N+]=[N-])c1. The quantitative estimate of drug-likeness (QED) is 0.334. The first-order valence-corrected chi connectivity index (χ1v) is 6.65. The Morgan fingerprint density at radius 3 is 2.57 bits per heavy atom. The van der Waals surface area contributed by atoms with Crippen LogP contribution in [0.1, 0.15) is 25.8 Å². The highest BCUT2D eigenvalue weighted by molar-refractivity contribution is 6.20. The van der Waals surface area contributed by atoms with Crippen LogP contribution in [0.4, 0.5) is 0 Å². The van der Waals surface area contributed by atoms with Crippen molar-refractivity contribution in [1.29, 1.82) is 0 Å². The van der Waals surface area contributed by atoms with Gasteiger partial charge in [0, 0.05) is 12.5 Å². The molecule has 0 amide bonds. The molecular formula is C15H20N2O4. The second-order valence-electron chi connectivity index (χ2n) is 4.84. The van der Waals surface area contributed by atoms with Gasteiger partial charge < -0.3 is 19.7 Å². The van der Waals surface area contributed by atoms with Gasteiger partial charge in [-0.2, -0.15) is 4.79 Å². The first-order valence-electron chi connectivity index (χ1n) is 6.65. The zero-order valence-corrected chi connectivity index (χ0v) is 12.7. The summed E-state index contributed by atoms with van der Waals surface area (Å²) >= 11 is 0. The number of hydrogen-bond acceptors (Lipinski definition) is 4. The van der Waals surface area contributed by atoms with Crippen molar-refractivity contribution in [2.45, 2.75) is 39.4 Å². The third kappa shape index (κ3) is 6.10. The molecule has 0 heterocycles. The van der Waals surface area contributed by atoms with E-state index < -0.39 is 5.97 Å². The number of methoxy groups -OCH3 is 1. The molecule has 6 heteroatoms. The Kier molecular flexibility index (Phi) is 6.43. The maximum Gasteiger partial charge on any atom is 0.413 e. The maximum absolute atomic E-state index is 11.1. The molecule has 0 aliphatic heterocycles. The fourth-order valence-electron chi connectivity index (χ4n) is 1.97. The van der Waals surface area contributed by atoms with E-state index in [9.17, 15) is 4.79 Å². The minimum atomic E-state index is -0.686. The average Bonchev–Trinajstić information content (AvgIpc) is 2.37. The molecule has 1 aromatic rings. The van der Waals surface area contributed by atoms with E-state index in [-0.39, 0.29) is 12.2 Å². The van der Waals surface area contributed by atoms with Crippen LogP contribution in [0.3, 0.4) is 0 Å². The fraction of sp³-hybridized carbons (Fsp3) is 0.467. The van der Waals surface area contributed by atoms with E-state index in [0.717, 1.165) is 11.3 Å². The fourth-order valence-corrected chi connectivity index (χ4v) is 1.97. The highest BCUT2D eigenvalue weighted by Crippen LogP contribution is 2.23. The summed E-state index contributed by atoms with van der Waals surface area (Å²) in [5.74, 6) is 0.750. The molecular weight excluding hydrogens is 272 g/mol. The van der Waals surface area contributed by atoms with Crippen molar-refractivity contribution < 1.29 is 23.8 Å². The Labute approximate surface area is 124 Å². The molecule has 0 spiro atoms. The summed E-state index contributed by atoms with van der Waals surface area (Å²) in [7, 11) is 1.60. The Morgan fingerprint density at radius 2 is 1.95 bits per heavy atom. The summed E-state index contributed by atoms with van der Waals surface area (Å²) in [6.45, 7) is 5.59. The molecule has 0 saturated heterocycles. The number of nitrogens with zero attached hydrogens (tertiary/aromatic N) is 2. The molecule has 0 N–H and O–H groups in total. The molecule has 114 valence electrons. The van der Waals surface area contributed by atoms with Crippen molar-refractivity contribution in [2.75, 3.05) is 7.11 Å². The lowest BCUT2D eigenvalue weighted by molar-refractivity contribution is -0.144. The van der Waals surface area contributed by atoms with Crippen LogP contribution in [-0.4, -0.2) is 36.3 Å². The Morgan fingerprint density at radius 1 is 1.29 bits per heavy atom. The number of ether oxygens (including phenoxy) is 3. The summed E-state index contributed by atoms with van der Waals surface area (Å²) in [4.78, 5) is 13.8. The minimum absolute atomic E-state index is 0.148. The average molecular weight is 292 g/mol. The standard InChI is InChI=1S/C15H20N2O4/c1-10-5-13(19-4)8-14(6-10)20-11(2)7-12(3)21-15(18)9-17-16/h5-6,8-9,11-12H,7H2,1-4H3/t11-,12+/m0/s1. The Bertz CT molecular complexity index is 538. The lowest BCUT2D eigenvalue weighted by atomic mass is 10.2. The topological polar surface area (TPSA) is 81.2 Å². The van der Waals surface area contributed by atoms with Crippen molar-refractivity contribution in [3.05, 3.63) is 29.3 Å². The smallest absolute Gasteiger partial charge is 0.413 e. The van der Waals surface area contributed by atoms with Gasteiger partial charge in [-0.05, 0) is 38.5 Å². The van der Waals surface area contributed by atoms with Crippen molar-refractivity contribution in [2.24, 2.45) is 0 Å². The van der Waals surface area contributed by atoms with Crippen molar-refractivity contribution in [3.63, 3.8) is 0 Å². The number of hydrogen-bond donors (Lipinski definition) is 0. The van der Waals surface area contributed by atoms with Gasteiger partial charge in [0.2, 0.25) is 0 Å². The van der Waals surface area contributed by atoms with Gasteiger partial charge in [0.05, 0.1) is 13.2 Å². The number of carbonyl (C=O) groups excluding carboxylic acids is 1. The van der Waals surface area contributed by atoms with E-state index in [0.29, 0.717) is 18.4 Å². The predicted molar refractivity (Wildman–Crippen MR) is 77.7 cm³/mol. The van der Waals surface area contributed by atoms with E-state index in [1.807, 2.05) is 26.0 Å². The van der Waals surface area contributed by atoms with E-state index in [2.05, 4.69) is 4.79 Å². The summed E-state index contributed by atoms with van der Waals surface area (Å²) < 4.78 is 16.0. The Balaban J connectivity index is 2.56. The molecule has 0 radical (unpaired) electrons. The lowest BCUT2D eigenvalue weighted by Crippen LogP contribution is -2.23. The first kappa shape index (κ1) is 16.7. The molecule has 0 bridgehead atoms. The number of benzene rings is 1. The van der Waals surface area contributed by atoms with E-state index in [1.165, 1.54) is 0 Å². The number of aryl methyl sites for hydroxylation is 1. The monoisotopic (exact) mass is 292 g/mol. The van der Waals surface area contributed by atoms with Crippen LogP contribution in [-0.2, 0) is 9.53 Å².